The molecule has 0 aromatic rings. The summed E-state index contributed by atoms with van der Waals surface area (Å²) in [6, 6.07) is 0.220. The first-order valence-corrected chi connectivity index (χ1v) is 5.57. The molecule has 3 unspecified atom stereocenters. The van der Waals surface area contributed by atoms with E-state index in [-0.39, 0.29) is 11.6 Å². The van der Waals surface area contributed by atoms with Gasteiger partial charge in [0.1, 0.15) is 0 Å². The van der Waals surface area contributed by atoms with Crippen LogP contribution in [0.2, 0.25) is 0 Å². The highest BCUT2D eigenvalue weighted by atomic mass is 16.5. The fourth-order valence-corrected chi connectivity index (χ4v) is 2.06. The van der Waals surface area contributed by atoms with Gasteiger partial charge >= 0.3 is 0 Å². The monoisotopic (exact) mass is 202 g/mol. The van der Waals surface area contributed by atoms with E-state index in [0.29, 0.717) is 5.92 Å². The van der Waals surface area contributed by atoms with Gasteiger partial charge < -0.3 is 4.74 Å². The van der Waals surface area contributed by atoms with Gasteiger partial charge in [0.05, 0.1) is 11.6 Å². The molecular weight excluding hydrogens is 176 g/mol. The van der Waals surface area contributed by atoms with Gasteiger partial charge in [-0.25, -0.2) is 0 Å². The zero-order valence-corrected chi connectivity index (χ0v) is 10.3. The molecule has 86 valence electrons. The second-order valence-electron chi connectivity index (χ2n) is 4.28. The van der Waals surface area contributed by atoms with Crippen LogP contribution in [0.4, 0.5) is 0 Å². The number of hydrogen-bond donors (Lipinski definition) is 2. The average molecular weight is 202 g/mol. The lowest BCUT2D eigenvalue weighted by Gasteiger charge is -2.39. The number of nitrogens with one attached hydrogen (secondary N) is 1. The van der Waals surface area contributed by atoms with E-state index in [1.807, 2.05) is 0 Å². The van der Waals surface area contributed by atoms with Crippen molar-refractivity contribution in [1.29, 1.82) is 0 Å². The van der Waals surface area contributed by atoms with E-state index in [0.717, 1.165) is 6.42 Å². The first kappa shape index (κ1) is 13.9. The van der Waals surface area contributed by atoms with Crippen molar-refractivity contribution in [3.63, 3.8) is 0 Å². The zero-order chi connectivity index (χ0) is 11.2. The van der Waals surface area contributed by atoms with E-state index < -0.39 is 0 Å². The van der Waals surface area contributed by atoms with Gasteiger partial charge in [-0.15, -0.1) is 0 Å². The summed E-state index contributed by atoms with van der Waals surface area (Å²) in [6.07, 6.45) is 3.32. The van der Waals surface area contributed by atoms with Crippen LogP contribution in [0, 0.1) is 5.92 Å². The minimum absolute atomic E-state index is 0.163. The van der Waals surface area contributed by atoms with E-state index in [1.165, 1.54) is 12.8 Å². The fraction of sp³-hybridized carbons (Fsp3) is 1.00. The molecule has 0 aliphatic rings. The minimum atomic E-state index is -0.163. The van der Waals surface area contributed by atoms with E-state index in [2.05, 4.69) is 33.1 Å². The first-order chi connectivity index (χ1) is 6.55. The molecule has 0 aromatic carbocycles. The predicted octanol–water partition coefficient (Wildman–Crippen LogP) is 2.07. The molecule has 0 spiro atoms. The Balaban J connectivity index is 4.50. The number of hydrogen-bond acceptors (Lipinski definition) is 3. The van der Waals surface area contributed by atoms with Crippen LogP contribution in [-0.4, -0.2) is 18.8 Å². The summed E-state index contributed by atoms with van der Waals surface area (Å²) in [5.41, 5.74) is 2.74. The van der Waals surface area contributed by atoms with Crippen molar-refractivity contribution in [3.8, 4) is 0 Å². The zero-order valence-electron chi connectivity index (χ0n) is 10.3. The molecule has 0 fully saturated rings. The highest BCUT2D eigenvalue weighted by molar-refractivity contribution is 4.90. The van der Waals surface area contributed by atoms with E-state index in [1.54, 1.807) is 7.11 Å². The van der Waals surface area contributed by atoms with E-state index in [9.17, 15) is 0 Å². The summed E-state index contributed by atoms with van der Waals surface area (Å²) in [5, 5.41) is 0. The number of rotatable bonds is 7. The van der Waals surface area contributed by atoms with Crippen molar-refractivity contribution in [2.75, 3.05) is 7.11 Å². The van der Waals surface area contributed by atoms with Crippen molar-refractivity contribution in [1.82, 2.24) is 5.43 Å². The molecule has 0 heterocycles. The minimum Gasteiger partial charge on any atom is -0.377 e. The average Bonchev–Trinajstić information content (AvgIpc) is 2.19. The summed E-state index contributed by atoms with van der Waals surface area (Å²) in [5.74, 6) is 6.15. The normalized spacial score (nSPS) is 20.1. The molecule has 0 saturated carbocycles. The highest BCUT2D eigenvalue weighted by Crippen LogP contribution is 2.26. The standard InChI is InChI=1S/C11H26N2O/c1-6-8-9(3)10(13-12)11(4,7-2)14-5/h9-10,13H,6-8,12H2,1-5H3. The van der Waals surface area contributed by atoms with Crippen molar-refractivity contribution >= 4 is 0 Å². The molecule has 3 atom stereocenters. The third-order valence-electron chi connectivity index (χ3n) is 3.32. The predicted molar refractivity (Wildman–Crippen MR) is 60.9 cm³/mol. The maximum absolute atomic E-state index is 5.61. The summed E-state index contributed by atoms with van der Waals surface area (Å²) in [7, 11) is 1.76. The van der Waals surface area contributed by atoms with Gasteiger partial charge in [0.25, 0.3) is 0 Å². The lowest BCUT2D eigenvalue weighted by Crippen LogP contribution is -2.55. The number of ether oxygens (including phenoxy) is 1. The molecule has 0 radical (unpaired) electrons. The van der Waals surface area contributed by atoms with Crippen LogP contribution in [0.1, 0.15) is 47.0 Å². The Bertz CT molecular complexity index is 146. The summed E-state index contributed by atoms with van der Waals surface area (Å²) >= 11 is 0. The topological polar surface area (TPSA) is 47.3 Å². The van der Waals surface area contributed by atoms with Crippen LogP contribution in [0.5, 0.6) is 0 Å². The van der Waals surface area contributed by atoms with Gasteiger partial charge in [0.2, 0.25) is 0 Å². The highest BCUT2D eigenvalue weighted by Gasteiger charge is 2.35. The van der Waals surface area contributed by atoms with Crippen LogP contribution < -0.4 is 11.3 Å². The number of methoxy groups -OCH3 is 1. The van der Waals surface area contributed by atoms with Gasteiger partial charge in [-0.1, -0.05) is 27.2 Å². The largest absolute Gasteiger partial charge is 0.377 e. The van der Waals surface area contributed by atoms with E-state index in [4.69, 9.17) is 10.6 Å². The second kappa shape index (κ2) is 6.38. The second-order valence-corrected chi connectivity index (χ2v) is 4.28. The van der Waals surface area contributed by atoms with Crippen molar-refractivity contribution in [2.24, 2.45) is 11.8 Å². The molecule has 14 heavy (non-hydrogen) atoms. The van der Waals surface area contributed by atoms with Crippen LogP contribution in [0.3, 0.4) is 0 Å². The van der Waals surface area contributed by atoms with Crippen molar-refractivity contribution in [2.45, 2.75) is 58.6 Å². The first-order valence-electron chi connectivity index (χ1n) is 5.57. The van der Waals surface area contributed by atoms with Crippen molar-refractivity contribution < 1.29 is 4.74 Å². The maximum Gasteiger partial charge on any atom is 0.0816 e. The molecule has 0 rings (SSSR count). The maximum atomic E-state index is 5.61. The molecule has 0 bridgehead atoms. The van der Waals surface area contributed by atoms with Gasteiger partial charge in [-0.2, -0.15) is 0 Å². The summed E-state index contributed by atoms with van der Waals surface area (Å²) in [4.78, 5) is 0. The number of hydrazine groups is 1. The molecule has 0 saturated heterocycles. The van der Waals surface area contributed by atoms with Crippen LogP contribution >= 0.6 is 0 Å². The lowest BCUT2D eigenvalue weighted by molar-refractivity contribution is -0.0444. The SMILES string of the molecule is CCCC(C)C(NN)C(C)(CC)OC. The van der Waals surface area contributed by atoms with Gasteiger partial charge in [-0.3, -0.25) is 11.3 Å². The third-order valence-corrected chi connectivity index (χ3v) is 3.32. The van der Waals surface area contributed by atoms with Crippen LogP contribution in [-0.2, 0) is 4.74 Å². The molecule has 0 aromatic heterocycles. The van der Waals surface area contributed by atoms with Gasteiger partial charge in [0, 0.05) is 7.11 Å². The summed E-state index contributed by atoms with van der Waals surface area (Å²) < 4.78 is 5.56. The Hall–Kier alpha value is -0.120. The molecule has 3 nitrogen and oxygen atoms in total. The van der Waals surface area contributed by atoms with Gasteiger partial charge in [0.15, 0.2) is 0 Å². The van der Waals surface area contributed by atoms with Crippen molar-refractivity contribution in [3.05, 3.63) is 0 Å². The molecule has 0 aliphatic heterocycles. The molecular formula is C11H26N2O. The quantitative estimate of drug-likeness (QED) is 0.491. The fourth-order valence-electron chi connectivity index (χ4n) is 2.06. The number of nitrogens with two attached hydrogens (primary N) is 1. The Morgan fingerprint density at radius 1 is 1.43 bits per heavy atom. The van der Waals surface area contributed by atoms with Gasteiger partial charge in [-0.05, 0) is 25.7 Å². The Morgan fingerprint density at radius 2 is 2.00 bits per heavy atom. The lowest BCUT2D eigenvalue weighted by atomic mass is 9.83. The molecule has 3 N–H and O–H groups in total. The molecule has 3 heteroatoms. The smallest absolute Gasteiger partial charge is 0.0816 e. The Labute approximate surface area is 88.4 Å². The van der Waals surface area contributed by atoms with E-state index >= 15 is 0 Å². The Morgan fingerprint density at radius 3 is 2.29 bits per heavy atom. The Kier molecular flexibility index (Phi) is 6.33. The van der Waals surface area contributed by atoms with Crippen LogP contribution in [0.15, 0.2) is 0 Å². The molecule has 0 aliphatic carbocycles. The molecule has 0 amide bonds. The third kappa shape index (κ3) is 3.23. The summed E-state index contributed by atoms with van der Waals surface area (Å²) in [6.45, 7) is 8.66. The van der Waals surface area contributed by atoms with Crippen LogP contribution in [0.25, 0.3) is 0 Å².